The standard InChI is InChI=1S/C11H15N3S/c1-3-9-4-6-10(7-5-9)8-13-14-11(15)12-2/h4-8H,3H2,1-2H3,(H2,12,14,15)/b13-8-. The first-order valence-corrected chi connectivity index (χ1v) is 5.26. The zero-order valence-corrected chi connectivity index (χ0v) is 9.77. The van der Waals surface area contributed by atoms with Crippen LogP contribution in [0, 0.1) is 0 Å². The van der Waals surface area contributed by atoms with Crippen LogP contribution in [0.4, 0.5) is 0 Å². The van der Waals surface area contributed by atoms with E-state index in [4.69, 9.17) is 12.2 Å². The van der Waals surface area contributed by atoms with Crippen molar-refractivity contribution in [2.75, 3.05) is 7.05 Å². The number of nitrogens with one attached hydrogen (secondary N) is 2. The Kier molecular flexibility index (Phi) is 4.77. The molecule has 0 heterocycles. The quantitative estimate of drug-likeness (QED) is 0.463. The fourth-order valence-corrected chi connectivity index (χ4v) is 1.11. The van der Waals surface area contributed by atoms with Crippen molar-refractivity contribution in [3.05, 3.63) is 35.4 Å². The molecule has 0 bridgehead atoms. The lowest BCUT2D eigenvalue weighted by molar-refractivity contribution is 0.982. The molecular formula is C11H15N3S. The Morgan fingerprint density at radius 2 is 2.07 bits per heavy atom. The van der Waals surface area contributed by atoms with Gasteiger partial charge in [-0.2, -0.15) is 5.10 Å². The first-order chi connectivity index (χ1) is 7.26. The van der Waals surface area contributed by atoms with E-state index in [2.05, 4.69) is 34.9 Å². The van der Waals surface area contributed by atoms with Gasteiger partial charge in [0.05, 0.1) is 6.21 Å². The highest BCUT2D eigenvalue weighted by Gasteiger charge is 1.90. The zero-order valence-electron chi connectivity index (χ0n) is 8.95. The molecule has 0 amide bonds. The van der Waals surface area contributed by atoms with Gasteiger partial charge < -0.3 is 5.32 Å². The van der Waals surface area contributed by atoms with Crippen LogP contribution in [0.1, 0.15) is 18.1 Å². The minimum atomic E-state index is 0.511. The van der Waals surface area contributed by atoms with Crippen LogP contribution in [0.3, 0.4) is 0 Å². The van der Waals surface area contributed by atoms with Crippen molar-refractivity contribution < 1.29 is 0 Å². The molecule has 0 saturated heterocycles. The summed E-state index contributed by atoms with van der Waals surface area (Å²) in [6, 6.07) is 8.26. The number of hydrazone groups is 1. The molecule has 3 nitrogen and oxygen atoms in total. The van der Waals surface area contributed by atoms with Crippen molar-refractivity contribution in [1.29, 1.82) is 0 Å². The SMILES string of the molecule is CCc1ccc(/C=N\NC(=S)NC)cc1. The molecule has 0 aliphatic carbocycles. The van der Waals surface area contributed by atoms with Gasteiger partial charge in [0.15, 0.2) is 5.11 Å². The van der Waals surface area contributed by atoms with Gasteiger partial charge in [-0.3, -0.25) is 5.43 Å². The van der Waals surface area contributed by atoms with Crippen molar-refractivity contribution in [2.45, 2.75) is 13.3 Å². The number of rotatable bonds is 3. The Labute approximate surface area is 95.6 Å². The van der Waals surface area contributed by atoms with Gasteiger partial charge in [0, 0.05) is 7.05 Å². The third-order valence-electron chi connectivity index (χ3n) is 1.99. The zero-order chi connectivity index (χ0) is 11.1. The maximum atomic E-state index is 4.87. The molecule has 2 N–H and O–H groups in total. The summed E-state index contributed by atoms with van der Waals surface area (Å²) in [5.41, 5.74) is 5.08. The first kappa shape index (κ1) is 11.7. The summed E-state index contributed by atoms with van der Waals surface area (Å²) in [4.78, 5) is 0. The van der Waals surface area contributed by atoms with Crippen molar-refractivity contribution in [2.24, 2.45) is 5.10 Å². The average molecular weight is 221 g/mol. The van der Waals surface area contributed by atoms with Crippen molar-refractivity contribution in [1.82, 2.24) is 10.7 Å². The van der Waals surface area contributed by atoms with Crippen molar-refractivity contribution in [3.8, 4) is 0 Å². The second-order valence-corrected chi connectivity index (χ2v) is 3.45. The van der Waals surface area contributed by atoms with Gasteiger partial charge in [-0.15, -0.1) is 0 Å². The number of thiocarbonyl (C=S) groups is 1. The van der Waals surface area contributed by atoms with E-state index in [0.717, 1.165) is 12.0 Å². The fraction of sp³-hybridized carbons (Fsp3) is 0.273. The van der Waals surface area contributed by atoms with Gasteiger partial charge in [-0.1, -0.05) is 31.2 Å². The van der Waals surface area contributed by atoms with Gasteiger partial charge in [0.2, 0.25) is 0 Å². The van der Waals surface area contributed by atoms with E-state index >= 15 is 0 Å². The van der Waals surface area contributed by atoms with E-state index in [0.29, 0.717) is 5.11 Å². The van der Waals surface area contributed by atoms with Crippen LogP contribution in [0.15, 0.2) is 29.4 Å². The molecule has 0 fully saturated rings. The molecule has 0 aliphatic rings. The molecule has 0 atom stereocenters. The normalized spacial score (nSPS) is 10.3. The summed E-state index contributed by atoms with van der Waals surface area (Å²) >= 11 is 4.87. The lowest BCUT2D eigenvalue weighted by Gasteiger charge is -2.00. The topological polar surface area (TPSA) is 36.4 Å². The maximum Gasteiger partial charge on any atom is 0.186 e. The molecule has 1 aromatic rings. The van der Waals surface area contributed by atoms with E-state index in [-0.39, 0.29) is 0 Å². The second-order valence-electron chi connectivity index (χ2n) is 3.04. The predicted octanol–water partition coefficient (Wildman–Crippen LogP) is 1.68. The van der Waals surface area contributed by atoms with Crippen LogP contribution in [0.2, 0.25) is 0 Å². The third-order valence-corrected chi connectivity index (χ3v) is 2.29. The van der Waals surface area contributed by atoms with Gasteiger partial charge in [0.1, 0.15) is 0 Å². The molecular weight excluding hydrogens is 206 g/mol. The molecule has 15 heavy (non-hydrogen) atoms. The number of benzene rings is 1. The lowest BCUT2D eigenvalue weighted by Crippen LogP contribution is -2.28. The Morgan fingerprint density at radius 3 is 2.60 bits per heavy atom. The summed E-state index contributed by atoms with van der Waals surface area (Å²) in [6.07, 6.45) is 2.79. The molecule has 0 aromatic heterocycles. The summed E-state index contributed by atoms with van der Waals surface area (Å²) in [6.45, 7) is 2.13. The minimum Gasteiger partial charge on any atom is -0.364 e. The maximum absolute atomic E-state index is 4.87. The summed E-state index contributed by atoms with van der Waals surface area (Å²) in [5.74, 6) is 0. The minimum absolute atomic E-state index is 0.511. The van der Waals surface area contributed by atoms with E-state index in [1.54, 1.807) is 13.3 Å². The first-order valence-electron chi connectivity index (χ1n) is 4.86. The van der Waals surface area contributed by atoms with Gasteiger partial charge in [0.25, 0.3) is 0 Å². The summed E-state index contributed by atoms with van der Waals surface area (Å²) in [5, 5.41) is 7.28. The molecule has 0 aliphatic heterocycles. The van der Waals surface area contributed by atoms with Crippen LogP contribution < -0.4 is 10.7 Å². The summed E-state index contributed by atoms with van der Waals surface area (Å²) < 4.78 is 0. The van der Waals surface area contributed by atoms with Gasteiger partial charge in [-0.05, 0) is 29.8 Å². The summed E-state index contributed by atoms with van der Waals surface area (Å²) in [7, 11) is 1.75. The van der Waals surface area contributed by atoms with E-state index in [9.17, 15) is 0 Å². The van der Waals surface area contributed by atoms with Crippen LogP contribution >= 0.6 is 12.2 Å². The largest absolute Gasteiger partial charge is 0.364 e. The molecule has 0 unspecified atom stereocenters. The highest BCUT2D eigenvalue weighted by atomic mass is 32.1. The van der Waals surface area contributed by atoms with Gasteiger partial charge >= 0.3 is 0 Å². The average Bonchev–Trinajstić information content (AvgIpc) is 2.29. The Morgan fingerprint density at radius 1 is 1.40 bits per heavy atom. The second kappa shape index (κ2) is 6.14. The molecule has 80 valence electrons. The number of hydrogen-bond donors (Lipinski definition) is 2. The van der Waals surface area contributed by atoms with E-state index < -0.39 is 0 Å². The molecule has 1 aromatic carbocycles. The van der Waals surface area contributed by atoms with Gasteiger partial charge in [-0.25, -0.2) is 0 Å². The third kappa shape index (κ3) is 4.08. The molecule has 1 rings (SSSR count). The fourth-order valence-electron chi connectivity index (χ4n) is 1.06. The Hall–Kier alpha value is -1.42. The molecule has 0 spiro atoms. The smallest absolute Gasteiger partial charge is 0.186 e. The van der Waals surface area contributed by atoms with Crippen LogP contribution in [-0.4, -0.2) is 18.4 Å². The highest BCUT2D eigenvalue weighted by Crippen LogP contribution is 2.02. The van der Waals surface area contributed by atoms with Crippen LogP contribution in [-0.2, 0) is 6.42 Å². The molecule has 0 saturated carbocycles. The number of aryl methyl sites for hydroxylation is 1. The molecule has 4 heteroatoms. The van der Waals surface area contributed by atoms with E-state index in [1.807, 2.05) is 12.1 Å². The predicted molar refractivity (Wildman–Crippen MR) is 68.2 cm³/mol. The highest BCUT2D eigenvalue weighted by molar-refractivity contribution is 7.80. The van der Waals surface area contributed by atoms with Crippen molar-refractivity contribution in [3.63, 3.8) is 0 Å². The Balaban J connectivity index is 2.53. The lowest BCUT2D eigenvalue weighted by atomic mass is 10.1. The van der Waals surface area contributed by atoms with Crippen LogP contribution in [0.5, 0.6) is 0 Å². The molecule has 0 radical (unpaired) electrons. The number of hydrogen-bond acceptors (Lipinski definition) is 2. The monoisotopic (exact) mass is 221 g/mol. The van der Waals surface area contributed by atoms with Crippen molar-refractivity contribution >= 4 is 23.5 Å². The van der Waals surface area contributed by atoms with E-state index in [1.165, 1.54) is 5.56 Å². The van der Waals surface area contributed by atoms with Crippen LogP contribution in [0.25, 0.3) is 0 Å². The Bertz CT molecular complexity index is 343. The number of nitrogens with zero attached hydrogens (tertiary/aromatic N) is 1.